The number of phenolic OH excluding ortho intramolecular Hbond substituents is 1. The van der Waals surface area contributed by atoms with Crippen molar-refractivity contribution in [2.75, 3.05) is 33.1 Å². The minimum atomic E-state index is -2.48. The number of likely N-dealkylation sites (N-methyl/N-ethyl adjacent to an activating group) is 1. The number of benzene rings is 1. The lowest BCUT2D eigenvalue weighted by atomic mass is 9.54. The quantitative estimate of drug-likeness (QED) is 0.414. The predicted molar refractivity (Wildman–Crippen MR) is 121 cm³/mol. The minimum absolute atomic E-state index is 0.0328. The van der Waals surface area contributed by atoms with Crippen LogP contribution in [-0.4, -0.2) is 89.4 Å². The molecule has 0 aliphatic heterocycles. The van der Waals surface area contributed by atoms with Gasteiger partial charge in [-0.25, -0.2) is 0 Å². The molecule has 182 valence electrons. The van der Waals surface area contributed by atoms with Gasteiger partial charge in [0.15, 0.2) is 23.3 Å². The Balaban J connectivity index is 1.97. The maximum atomic E-state index is 13.6. The van der Waals surface area contributed by atoms with E-state index in [0.717, 1.165) is 6.08 Å². The van der Waals surface area contributed by atoms with Crippen molar-refractivity contribution in [3.05, 3.63) is 34.9 Å². The zero-order chi connectivity index (χ0) is 25.4. The largest absolute Gasteiger partial charge is 0.505 e. The number of carbonyl (C=O) groups is 4. The van der Waals surface area contributed by atoms with Crippen molar-refractivity contribution in [3.63, 3.8) is 0 Å². The Labute approximate surface area is 196 Å². The zero-order valence-electron chi connectivity index (χ0n) is 19.6. The number of aliphatic hydroxyl groups excluding tert-OH is 1. The first-order valence-corrected chi connectivity index (χ1v) is 11.0. The second kappa shape index (κ2) is 7.72. The van der Waals surface area contributed by atoms with Crippen molar-refractivity contribution in [3.8, 4) is 5.75 Å². The van der Waals surface area contributed by atoms with E-state index in [4.69, 9.17) is 5.73 Å². The van der Waals surface area contributed by atoms with Crippen molar-refractivity contribution in [2.45, 2.75) is 30.6 Å². The van der Waals surface area contributed by atoms with Gasteiger partial charge in [0.05, 0.1) is 23.4 Å². The van der Waals surface area contributed by atoms with Gasteiger partial charge in [-0.2, -0.15) is 0 Å². The van der Waals surface area contributed by atoms with E-state index in [0.29, 0.717) is 11.3 Å². The van der Waals surface area contributed by atoms with E-state index in [9.17, 15) is 34.5 Å². The Morgan fingerprint density at radius 1 is 1.12 bits per heavy atom. The molecule has 1 saturated carbocycles. The van der Waals surface area contributed by atoms with Crippen LogP contribution in [0.3, 0.4) is 0 Å². The van der Waals surface area contributed by atoms with E-state index in [-0.39, 0.29) is 16.9 Å². The average molecular weight is 472 g/mol. The molecular weight excluding hydrogens is 442 g/mol. The molecule has 0 heterocycles. The summed E-state index contributed by atoms with van der Waals surface area (Å²) in [7, 11) is 6.49. The number of nitrogens with zero attached hydrogens (tertiary/aromatic N) is 2. The smallest absolute Gasteiger partial charge is 0.235 e. The molecule has 3 aliphatic carbocycles. The highest BCUT2D eigenvalue weighted by Gasteiger charge is 2.66. The number of Topliss-reactive ketones (excluding diaryl/α,β-unsaturated/α-hetero) is 3. The minimum Gasteiger partial charge on any atom is -0.505 e. The molecular formula is C24H29N3O7. The molecule has 0 spiro atoms. The topological polar surface area (TPSA) is 161 Å². The average Bonchev–Trinajstić information content (AvgIpc) is 2.72. The van der Waals surface area contributed by atoms with E-state index >= 15 is 0 Å². The van der Waals surface area contributed by atoms with Crippen LogP contribution >= 0.6 is 0 Å². The lowest BCUT2D eigenvalue weighted by Crippen LogP contribution is -2.71. The maximum Gasteiger partial charge on any atom is 0.235 e. The summed E-state index contributed by atoms with van der Waals surface area (Å²) in [4.78, 5) is 55.0. The third kappa shape index (κ3) is 2.98. The highest BCUT2D eigenvalue weighted by atomic mass is 16.3. The van der Waals surface area contributed by atoms with Gasteiger partial charge in [0, 0.05) is 31.5 Å². The fraction of sp³-hybridized carbons (Fsp3) is 0.500. The summed E-state index contributed by atoms with van der Waals surface area (Å²) in [6, 6.07) is 2.19. The highest BCUT2D eigenvalue weighted by Crippen LogP contribution is 2.53. The number of anilines is 1. The van der Waals surface area contributed by atoms with Crippen molar-refractivity contribution in [2.24, 2.45) is 23.5 Å². The molecule has 7 atom stereocenters. The number of nitrogens with two attached hydrogens (primary N) is 1. The summed E-state index contributed by atoms with van der Waals surface area (Å²) in [5.41, 5.74) is 3.78. The van der Waals surface area contributed by atoms with Crippen LogP contribution in [-0.2, 0) is 14.4 Å². The normalized spacial score (nSPS) is 34.8. The molecule has 34 heavy (non-hydrogen) atoms. The van der Waals surface area contributed by atoms with E-state index in [2.05, 4.69) is 0 Å². The molecule has 0 bridgehead atoms. The monoisotopic (exact) mass is 471 g/mol. The zero-order valence-corrected chi connectivity index (χ0v) is 19.6. The van der Waals surface area contributed by atoms with Gasteiger partial charge >= 0.3 is 0 Å². The lowest BCUT2D eigenvalue weighted by Gasteiger charge is -2.53. The highest BCUT2D eigenvalue weighted by molar-refractivity contribution is 6.25. The molecule has 10 heteroatoms. The van der Waals surface area contributed by atoms with Crippen LogP contribution in [0.1, 0.15) is 28.8 Å². The van der Waals surface area contributed by atoms with Gasteiger partial charge in [-0.05, 0) is 37.7 Å². The van der Waals surface area contributed by atoms with E-state index < -0.39 is 64.7 Å². The molecule has 1 aromatic rings. The standard InChI is InChI=1S/C24H29N3O7/c1-9-10-6-7-12(26(2)3)19(29)14(10)18(28)11-8-24(34)16(20(30)13(9)11)17(27(4)5)21(31)15(22(24)32)23(25)33/h6-9,13,15-17,20,29-30,34H,1-5H3,(H2,25,33)/t9-,13+,15?,16+,17-,20-,24+/m0/s1. The Morgan fingerprint density at radius 3 is 2.26 bits per heavy atom. The molecule has 5 N–H and O–H groups in total. The number of fused-ring (bicyclic) bond motifs is 3. The van der Waals surface area contributed by atoms with Crippen molar-refractivity contribution in [1.29, 1.82) is 0 Å². The molecule has 10 nitrogen and oxygen atoms in total. The number of phenols is 1. The van der Waals surface area contributed by atoms with Gasteiger partial charge in [-0.1, -0.05) is 13.0 Å². The number of hydrogen-bond donors (Lipinski definition) is 4. The Kier molecular flexibility index (Phi) is 5.47. The van der Waals surface area contributed by atoms with E-state index in [1.165, 1.54) is 19.0 Å². The number of aromatic hydroxyl groups is 1. The molecule has 1 amide bonds. The summed E-state index contributed by atoms with van der Waals surface area (Å²) in [5.74, 6) is -8.59. The fourth-order valence-corrected chi connectivity index (χ4v) is 6.01. The van der Waals surface area contributed by atoms with Crippen molar-refractivity contribution < 1.29 is 34.5 Å². The van der Waals surface area contributed by atoms with E-state index in [1.54, 1.807) is 38.1 Å². The second-order valence-electron chi connectivity index (χ2n) is 9.89. The number of carbonyl (C=O) groups excluding carboxylic acids is 4. The Morgan fingerprint density at radius 2 is 1.74 bits per heavy atom. The molecule has 0 radical (unpaired) electrons. The molecule has 1 aromatic carbocycles. The molecule has 1 fully saturated rings. The first-order valence-electron chi connectivity index (χ1n) is 11.0. The fourth-order valence-electron chi connectivity index (χ4n) is 6.01. The Bertz CT molecular complexity index is 1160. The van der Waals surface area contributed by atoms with Gasteiger partial charge in [0.25, 0.3) is 0 Å². The number of aliphatic hydroxyl groups is 2. The first kappa shape index (κ1) is 24.1. The summed E-state index contributed by atoms with van der Waals surface area (Å²) in [6.45, 7) is 1.77. The molecule has 1 unspecified atom stereocenters. The second-order valence-corrected chi connectivity index (χ2v) is 9.89. The third-order valence-corrected chi connectivity index (χ3v) is 7.58. The predicted octanol–water partition coefficient (Wildman–Crippen LogP) is -0.794. The number of amides is 1. The number of rotatable bonds is 3. The van der Waals surface area contributed by atoms with Crippen molar-refractivity contribution in [1.82, 2.24) is 4.90 Å². The maximum absolute atomic E-state index is 13.6. The van der Waals surface area contributed by atoms with Crippen LogP contribution in [0.25, 0.3) is 0 Å². The van der Waals surface area contributed by atoms with Crippen LogP contribution in [0, 0.1) is 17.8 Å². The molecule has 0 saturated heterocycles. The van der Waals surface area contributed by atoms with Crippen LogP contribution in [0.5, 0.6) is 5.75 Å². The molecule has 3 aliphatic rings. The van der Waals surface area contributed by atoms with Gasteiger partial charge in [0.2, 0.25) is 5.91 Å². The van der Waals surface area contributed by atoms with Crippen LogP contribution in [0.15, 0.2) is 23.8 Å². The van der Waals surface area contributed by atoms with Gasteiger partial charge in [-0.3, -0.25) is 24.1 Å². The van der Waals surface area contributed by atoms with Gasteiger partial charge in [0.1, 0.15) is 11.4 Å². The van der Waals surface area contributed by atoms with Crippen molar-refractivity contribution >= 4 is 28.9 Å². The van der Waals surface area contributed by atoms with E-state index in [1.807, 2.05) is 0 Å². The third-order valence-electron chi connectivity index (χ3n) is 7.58. The van der Waals surface area contributed by atoms with Gasteiger partial charge < -0.3 is 26.0 Å². The SMILES string of the molecule is C[C@H]1c2ccc(N(C)C)c(O)c2C(=O)C2=C[C@]3(O)C(=O)C(C(N)=O)C(=O)[C@@H](N(C)C)[C@@H]3[C@@H](O)[C@@H]21. The van der Waals surface area contributed by atoms with Crippen LogP contribution < -0.4 is 10.6 Å². The molecule has 4 rings (SSSR count). The van der Waals surface area contributed by atoms with Crippen LogP contribution in [0.4, 0.5) is 5.69 Å². The summed E-state index contributed by atoms with van der Waals surface area (Å²) in [6.07, 6.45) is -0.401. The molecule has 0 aromatic heterocycles. The number of primary amides is 1. The first-order chi connectivity index (χ1) is 15.8. The Hall–Kier alpha value is -3.08. The lowest BCUT2D eigenvalue weighted by molar-refractivity contribution is -0.174. The summed E-state index contributed by atoms with van der Waals surface area (Å²) >= 11 is 0. The van der Waals surface area contributed by atoms with Crippen LogP contribution in [0.2, 0.25) is 0 Å². The number of ketones is 3. The summed E-state index contributed by atoms with van der Waals surface area (Å²) in [5, 5.41) is 34.0. The van der Waals surface area contributed by atoms with Gasteiger partial charge in [-0.15, -0.1) is 0 Å². The number of hydrogen-bond acceptors (Lipinski definition) is 9. The summed E-state index contributed by atoms with van der Waals surface area (Å²) < 4.78 is 0.